The Labute approximate surface area is 220 Å². The maximum absolute atomic E-state index is 14.1. The Morgan fingerprint density at radius 1 is 1.23 bits per heavy atom. The molecule has 6 rings (SSSR count). The molecule has 0 spiro atoms. The summed E-state index contributed by atoms with van der Waals surface area (Å²) in [6.45, 7) is 7.41. The average Bonchev–Trinajstić information content (AvgIpc) is 3.58. The van der Waals surface area contributed by atoms with Gasteiger partial charge in [-0.3, -0.25) is 5.10 Å². The van der Waals surface area contributed by atoms with Gasteiger partial charge in [-0.2, -0.15) is 18.3 Å². The lowest BCUT2D eigenvalue weighted by atomic mass is 10.1. The van der Waals surface area contributed by atoms with Gasteiger partial charge in [-0.25, -0.2) is 14.5 Å². The smallest absolute Gasteiger partial charge is 0.420 e. The fourth-order valence-electron chi connectivity index (χ4n) is 5.06. The molecular weight excluding hydrogens is 515 g/mol. The SMILES string of the molecule is CCOc1ccc2c3c(-c4nc(N[C@H]5CCCNC5)ncc4C(F)(F)F)n[nH]c3nn2c1-c1c(C)noc1C. The first kappa shape index (κ1) is 25.1. The molecule has 204 valence electrons. The minimum atomic E-state index is -4.70. The van der Waals surface area contributed by atoms with Crippen LogP contribution >= 0.6 is 0 Å². The van der Waals surface area contributed by atoms with E-state index in [9.17, 15) is 13.2 Å². The first-order valence-electron chi connectivity index (χ1n) is 12.6. The van der Waals surface area contributed by atoms with Crippen LogP contribution in [-0.2, 0) is 6.18 Å². The molecule has 0 saturated carbocycles. The van der Waals surface area contributed by atoms with Crippen molar-refractivity contribution in [2.24, 2.45) is 0 Å². The van der Waals surface area contributed by atoms with E-state index >= 15 is 0 Å². The zero-order valence-corrected chi connectivity index (χ0v) is 21.5. The van der Waals surface area contributed by atoms with E-state index in [2.05, 4.69) is 41.1 Å². The van der Waals surface area contributed by atoms with Gasteiger partial charge in [0.05, 0.1) is 28.8 Å². The third kappa shape index (κ3) is 4.33. The summed E-state index contributed by atoms with van der Waals surface area (Å²) in [5.74, 6) is 1.19. The first-order chi connectivity index (χ1) is 18.8. The molecule has 1 saturated heterocycles. The number of halogens is 3. The molecule has 1 atom stereocenters. The zero-order chi connectivity index (χ0) is 27.3. The number of rotatable bonds is 6. The molecule has 0 aromatic carbocycles. The highest BCUT2D eigenvalue weighted by atomic mass is 19.4. The van der Waals surface area contributed by atoms with E-state index in [0.29, 0.717) is 58.2 Å². The zero-order valence-electron chi connectivity index (χ0n) is 21.5. The van der Waals surface area contributed by atoms with E-state index in [1.807, 2.05) is 6.92 Å². The summed E-state index contributed by atoms with van der Waals surface area (Å²) in [6.07, 6.45) is -2.08. The van der Waals surface area contributed by atoms with E-state index < -0.39 is 11.7 Å². The van der Waals surface area contributed by atoms with Gasteiger partial charge in [0.25, 0.3) is 0 Å². The molecule has 6 heterocycles. The van der Waals surface area contributed by atoms with Gasteiger partial charge in [0.15, 0.2) is 5.65 Å². The van der Waals surface area contributed by atoms with Crippen molar-refractivity contribution in [3.8, 4) is 28.4 Å². The van der Waals surface area contributed by atoms with E-state index in [-0.39, 0.29) is 23.4 Å². The topological polar surface area (TPSA) is 131 Å². The van der Waals surface area contributed by atoms with Crippen LogP contribution in [0.4, 0.5) is 19.1 Å². The van der Waals surface area contributed by atoms with Crippen LogP contribution in [-0.4, -0.2) is 60.7 Å². The largest absolute Gasteiger partial charge is 0.492 e. The van der Waals surface area contributed by atoms with Crippen LogP contribution in [0.3, 0.4) is 0 Å². The van der Waals surface area contributed by atoms with Gasteiger partial charge in [0.2, 0.25) is 5.95 Å². The summed E-state index contributed by atoms with van der Waals surface area (Å²) in [5.41, 5.74) is 1.41. The monoisotopic (exact) mass is 541 g/mol. The van der Waals surface area contributed by atoms with Crippen molar-refractivity contribution in [1.29, 1.82) is 0 Å². The molecule has 3 N–H and O–H groups in total. The molecule has 1 fully saturated rings. The van der Waals surface area contributed by atoms with Gasteiger partial charge in [-0.1, -0.05) is 5.16 Å². The Kier molecular flexibility index (Phi) is 6.13. The number of aryl methyl sites for hydroxylation is 2. The highest BCUT2D eigenvalue weighted by Crippen LogP contribution is 2.41. The minimum absolute atomic E-state index is 0.00844. The number of nitrogens with zero attached hydrogens (tertiary/aromatic N) is 6. The van der Waals surface area contributed by atoms with Gasteiger partial charge in [-0.15, -0.1) is 5.10 Å². The third-order valence-corrected chi connectivity index (χ3v) is 6.79. The number of H-pyrrole nitrogens is 1. The average molecular weight is 542 g/mol. The van der Waals surface area contributed by atoms with E-state index in [1.54, 1.807) is 30.5 Å². The van der Waals surface area contributed by atoms with Gasteiger partial charge >= 0.3 is 6.18 Å². The molecule has 0 unspecified atom stereocenters. The highest BCUT2D eigenvalue weighted by Gasteiger charge is 2.37. The van der Waals surface area contributed by atoms with Crippen molar-refractivity contribution >= 4 is 22.5 Å². The predicted molar refractivity (Wildman–Crippen MR) is 137 cm³/mol. The second-order valence-corrected chi connectivity index (χ2v) is 9.41. The molecule has 39 heavy (non-hydrogen) atoms. The fraction of sp³-hybridized carbons (Fsp3) is 0.400. The summed E-state index contributed by atoms with van der Waals surface area (Å²) in [4.78, 5) is 8.30. The molecule has 0 aliphatic carbocycles. The maximum Gasteiger partial charge on any atom is 0.420 e. The third-order valence-electron chi connectivity index (χ3n) is 6.79. The van der Waals surface area contributed by atoms with Crippen LogP contribution in [0.2, 0.25) is 0 Å². The molecule has 0 amide bonds. The summed E-state index contributed by atoms with van der Waals surface area (Å²) in [7, 11) is 0. The van der Waals surface area contributed by atoms with Crippen molar-refractivity contribution in [3.63, 3.8) is 0 Å². The predicted octanol–water partition coefficient (Wildman–Crippen LogP) is 4.52. The van der Waals surface area contributed by atoms with Crippen molar-refractivity contribution in [3.05, 3.63) is 35.3 Å². The van der Waals surface area contributed by atoms with Crippen molar-refractivity contribution in [2.45, 2.75) is 45.8 Å². The molecule has 11 nitrogen and oxygen atoms in total. The Hall–Kier alpha value is -4.20. The number of nitrogens with one attached hydrogen (secondary N) is 3. The number of hydrogen-bond acceptors (Lipinski definition) is 9. The van der Waals surface area contributed by atoms with Crippen LogP contribution in [0.15, 0.2) is 22.9 Å². The number of piperidine rings is 1. The summed E-state index contributed by atoms with van der Waals surface area (Å²) in [5, 5.41) is 22.5. The summed E-state index contributed by atoms with van der Waals surface area (Å²) < 4.78 is 55.3. The van der Waals surface area contributed by atoms with Crippen LogP contribution in [0.5, 0.6) is 5.75 Å². The van der Waals surface area contributed by atoms with Crippen molar-refractivity contribution in [2.75, 3.05) is 25.0 Å². The molecule has 0 bridgehead atoms. The van der Waals surface area contributed by atoms with Crippen LogP contribution in [0, 0.1) is 13.8 Å². The molecule has 5 aromatic heterocycles. The van der Waals surface area contributed by atoms with Crippen LogP contribution in [0.1, 0.15) is 36.8 Å². The van der Waals surface area contributed by atoms with Crippen molar-refractivity contribution < 1.29 is 22.4 Å². The van der Waals surface area contributed by atoms with E-state index in [0.717, 1.165) is 25.6 Å². The molecule has 1 aliphatic rings. The molecular formula is C25H26F3N9O2. The lowest BCUT2D eigenvalue weighted by Gasteiger charge is -2.24. The van der Waals surface area contributed by atoms with Gasteiger partial charge in [0.1, 0.15) is 34.2 Å². The number of pyridine rings is 1. The van der Waals surface area contributed by atoms with Crippen molar-refractivity contribution in [1.82, 2.24) is 40.3 Å². The van der Waals surface area contributed by atoms with Gasteiger partial charge < -0.3 is 19.9 Å². The van der Waals surface area contributed by atoms with Crippen LogP contribution < -0.4 is 15.4 Å². The minimum Gasteiger partial charge on any atom is -0.492 e. The quantitative estimate of drug-likeness (QED) is 0.284. The second kappa shape index (κ2) is 9.52. The number of hydrogen-bond donors (Lipinski definition) is 3. The van der Waals surface area contributed by atoms with E-state index in [1.165, 1.54) is 0 Å². The summed E-state index contributed by atoms with van der Waals surface area (Å²) in [6, 6.07) is 3.50. The Morgan fingerprint density at radius 2 is 2.08 bits per heavy atom. The number of aromatic nitrogens is 7. The molecule has 1 aliphatic heterocycles. The molecule has 5 aromatic rings. The normalized spacial score (nSPS) is 16.3. The Morgan fingerprint density at radius 3 is 2.77 bits per heavy atom. The molecule has 14 heteroatoms. The Balaban J connectivity index is 1.56. The fourth-order valence-corrected chi connectivity index (χ4v) is 5.06. The number of aromatic amines is 1. The maximum atomic E-state index is 14.1. The van der Waals surface area contributed by atoms with Gasteiger partial charge in [0, 0.05) is 18.8 Å². The number of ether oxygens (including phenoxy) is 1. The number of fused-ring (bicyclic) bond motifs is 3. The first-order valence-corrected chi connectivity index (χ1v) is 12.6. The second-order valence-electron chi connectivity index (χ2n) is 9.41. The lowest BCUT2D eigenvalue weighted by molar-refractivity contribution is -0.137. The Bertz CT molecular complexity index is 1650. The van der Waals surface area contributed by atoms with Crippen LogP contribution in [0.25, 0.3) is 39.2 Å². The standard InChI is InChI=1S/C25H26F3N9O2/c1-4-38-17-8-7-16-19-21(33-34-23(19)35-37(16)22(17)18-12(2)36-39-13(18)3)20-15(25(26,27)28)11-30-24(32-20)31-14-6-5-9-29-10-14/h7-8,11,14,29H,4-6,9-10H2,1-3H3,(H,34,35)(H,30,31,32)/t14-/m0/s1. The number of anilines is 1. The lowest BCUT2D eigenvalue weighted by Crippen LogP contribution is -2.38. The highest BCUT2D eigenvalue weighted by molar-refractivity contribution is 6.03. The van der Waals surface area contributed by atoms with Gasteiger partial charge in [-0.05, 0) is 52.3 Å². The summed E-state index contributed by atoms with van der Waals surface area (Å²) >= 11 is 0. The van der Waals surface area contributed by atoms with E-state index in [4.69, 9.17) is 9.26 Å². The molecule has 0 radical (unpaired) electrons. The number of alkyl halides is 3.